The van der Waals surface area contributed by atoms with Gasteiger partial charge in [-0.2, -0.15) is 10.2 Å². The molecule has 0 saturated heterocycles. The van der Waals surface area contributed by atoms with Gasteiger partial charge < -0.3 is 20.5 Å². The number of aliphatic hydroxyl groups is 1. The average molecular weight is 393 g/mol. The van der Waals surface area contributed by atoms with Crippen LogP contribution in [0.25, 0.3) is 0 Å². The van der Waals surface area contributed by atoms with Gasteiger partial charge in [-0.15, -0.1) is 0 Å². The largest absolute Gasteiger partial charge is 0.510 e. The van der Waals surface area contributed by atoms with Crippen molar-refractivity contribution in [2.75, 3.05) is 17.7 Å². The van der Waals surface area contributed by atoms with E-state index in [-0.39, 0.29) is 23.9 Å². The van der Waals surface area contributed by atoms with Crippen LogP contribution in [-0.4, -0.2) is 28.2 Å². The number of nitrogens with one attached hydrogen (secondary N) is 2. The Kier molecular flexibility index (Phi) is 5.85. The van der Waals surface area contributed by atoms with Crippen LogP contribution in [0.5, 0.6) is 0 Å². The summed E-state index contributed by atoms with van der Waals surface area (Å²) in [5.41, 5.74) is 1.79. The number of aromatic nitrogens is 2. The van der Waals surface area contributed by atoms with Gasteiger partial charge in [0.1, 0.15) is 5.76 Å². The Labute approximate surface area is 165 Å². The van der Waals surface area contributed by atoms with Crippen LogP contribution in [0, 0.1) is 17.1 Å². The predicted molar refractivity (Wildman–Crippen MR) is 104 cm³/mol. The number of benzene rings is 1. The summed E-state index contributed by atoms with van der Waals surface area (Å²) in [5.74, 6) is -1.28. The second-order valence-electron chi connectivity index (χ2n) is 5.95. The van der Waals surface area contributed by atoms with Crippen LogP contribution < -0.4 is 10.6 Å². The highest BCUT2D eigenvalue weighted by Crippen LogP contribution is 2.24. The van der Waals surface area contributed by atoms with Crippen molar-refractivity contribution in [2.45, 2.75) is 6.42 Å². The number of hydrogen-bond acceptors (Lipinski definition) is 8. The Morgan fingerprint density at radius 1 is 1.38 bits per heavy atom. The first-order chi connectivity index (χ1) is 14.0. The number of rotatable bonds is 5. The summed E-state index contributed by atoms with van der Waals surface area (Å²) in [4.78, 5) is 19.2. The van der Waals surface area contributed by atoms with Crippen molar-refractivity contribution in [2.24, 2.45) is 0 Å². The molecule has 1 aliphatic rings. The Morgan fingerprint density at radius 3 is 2.93 bits per heavy atom. The van der Waals surface area contributed by atoms with Gasteiger partial charge in [-0.25, -0.2) is 14.2 Å². The molecular formula is C20H16FN5O3. The lowest BCUT2D eigenvalue weighted by Crippen LogP contribution is -2.10. The van der Waals surface area contributed by atoms with E-state index in [1.807, 2.05) is 6.07 Å². The molecule has 146 valence electrons. The Bertz CT molecular complexity index is 1090. The summed E-state index contributed by atoms with van der Waals surface area (Å²) >= 11 is 0. The van der Waals surface area contributed by atoms with Gasteiger partial charge in [0.15, 0.2) is 11.6 Å². The zero-order valence-electron chi connectivity index (χ0n) is 15.3. The molecule has 1 aromatic heterocycles. The van der Waals surface area contributed by atoms with Crippen molar-refractivity contribution >= 4 is 23.4 Å². The van der Waals surface area contributed by atoms with Gasteiger partial charge in [-0.05, 0) is 29.8 Å². The van der Waals surface area contributed by atoms with E-state index in [0.717, 1.165) is 6.20 Å². The molecular weight excluding hydrogens is 377 g/mol. The lowest BCUT2D eigenvalue weighted by Gasteiger charge is -2.15. The molecule has 1 heterocycles. The van der Waals surface area contributed by atoms with E-state index >= 15 is 0 Å². The van der Waals surface area contributed by atoms with Gasteiger partial charge in [0.05, 0.1) is 30.6 Å². The van der Waals surface area contributed by atoms with E-state index in [4.69, 9.17) is 5.26 Å². The second-order valence-corrected chi connectivity index (χ2v) is 5.95. The number of esters is 1. The van der Waals surface area contributed by atoms with Crippen LogP contribution in [-0.2, 0) is 9.53 Å². The minimum Gasteiger partial charge on any atom is -0.510 e. The third-order valence-electron chi connectivity index (χ3n) is 3.90. The Morgan fingerprint density at radius 2 is 2.21 bits per heavy atom. The monoisotopic (exact) mass is 393 g/mol. The number of carbonyl (C=O) groups excluding carboxylic acids is 1. The Hall–Kier alpha value is -4.19. The number of carbonyl (C=O) groups is 1. The first-order valence-electron chi connectivity index (χ1n) is 8.44. The number of anilines is 3. The van der Waals surface area contributed by atoms with Crippen LogP contribution in [0.2, 0.25) is 0 Å². The van der Waals surface area contributed by atoms with Gasteiger partial charge in [0.2, 0.25) is 5.95 Å². The number of allylic oxidation sites excluding steroid dienone is 3. The normalized spacial score (nSPS) is 14.4. The zero-order valence-corrected chi connectivity index (χ0v) is 15.3. The highest BCUT2D eigenvalue weighted by atomic mass is 19.1. The van der Waals surface area contributed by atoms with E-state index in [0.29, 0.717) is 22.5 Å². The van der Waals surface area contributed by atoms with Crippen molar-refractivity contribution in [3.05, 3.63) is 77.1 Å². The van der Waals surface area contributed by atoms with Crippen LogP contribution in [0.1, 0.15) is 12.0 Å². The first kappa shape index (κ1) is 19.6. The molecule has 29 heavy (non-hydrogen) atoms. The molecule has 0 fully saturated rings. The lowest BCUT2D eigenvalue weighted by molar-refractivity contribution is -0.134. The third-order valence-corrected chi connectivity index (χ3v) is 3.90. The number of nitrogens with zero attached hydrogens (tertiary/aromatic N) is 3. The fourth-order valence-corrected chi connectivity index (χ4v) is 2.50. The molecule has 9 heteroatoms. The fraction of sp³-hybridized carbons (Fsp3) is 0.100. The molecule has 8 nitrogen and oxygen atoms in total. The molecule has 2 aromatic rings. The molecule has 3 N–H and O–H groups in total. The smallest absolute Gasteiger partial charge is 0.330 e. The Balaban J connectivity index is 1.77. The van der Waals surface area contributed by atoms with Crippen molar-refractivity contribution in [1.29, 1.82) is 5.26 Å². The van der Waals surface area contributed by atoms with Crippen molar-refractivity contribution in [3.8, 4) is 6.07 Å². The molecule has 1 aliphatic carbocycles. The highest BCUT2D eigenvalue weighted by Gasteiger charge is 2.14. The van der Waals surface area contributed by atoms with Gasteiger partial charge in [-0.3, -0.25) is 0 Å². The average Bonchev–Trinajstić information content (AvgIpc) is 2.72. The maximum absolute atomic E-state index is 14.1. The van der Waals surface area contributed by atoms with Gasteiger partial charge in [0, 0.05) is 18.2 Å². The summed E-state index contributed by atoms with van der Waals surface area (Å²) in [6.45, 7) is 0. The standard InChI is InChI=1S/C20H16FN5O3/c1-29-18(28)9-12-5-6-16(17(27)8-12)25-20-23-11-15(21)19(26-20)24-14-4-2-3-13(7-14)10-22/h2-7,9,11,27H,8H2,1H3,(H2,23,24,25,26). The lowest BCUT2D eigenvalue weighted by atomic mass is 10.0. The topological polar surface area (TPSA) is 120 Å². The number of hydrogen-bond donors (Lipinski definition) is 3. The van der Waals surface area contributed by atoms with E-state index in [9.17, 15) is 14.3 Å². The van der Waals surface area contributed by atoms with Crippen LogP contribution in [0.4, 0.5) is 21.8 Å². The maximum Gasteiger partial charge on any atom is 0.330 e. The second kappa shape index (κ2) is 8.67. The number of aliphatic hydroxyl groups excluding tert-OH is 1. The number of methoxy groups -OCH3 is 1. The van der Waals surface area contributed by atoms with Crippen molar-refractivity contribution in [1.82, 2.24) is 9.97 Å². The van der Waals surface area contributed by atoms with Crippen LogP contribution in [0.3, 0.4) is 0 Å². The van der Waals surface area contributed by atoms with E-state index in [1.165, 1.54) is 13.2 Å². The molecule has 0 saturated carbocycles. The quantitative estimate of drug-likeness (QED) is 0.522. The van der Waals surface area contributed by atoms with Gasteiger partial charge >= 0.3 is 5.97 Å². The summed E-state index contributed by atoms with van der Waals surface area (Å²) in [6, 6.07) is 8.52. The SMILES string of the molecule is COC(=O)C=C1C=CC(Nc2ncc(F)c(Nc3cccc(C#N)c3)n2)=C(O)C1. The summed E-state index contributed by atoms with van der Waals surface area (Å²) in [5, 5.41) is 24.8. The molecule has 0 atom stereocenters. The summed E-state index contributed by atoms with van der Waals surface area (Å²) < 4.78 is 18.6. The van der Waals surface area contributed by atoms with Gasteiger partial charge in [0.25, 0.3) is 0 Å². The predicted octanol–water partition coefficient (Wildman–Crippen LogP) is 3.47. The van der Waals surface area contributed by atoms with Gasteiger partial charge in [-0.1, -0.05) is 12.1 Å². The van der Waals surface area contributed by atoms with Crippen LogP contribution in [0.15, 0.2) is 65.7 Å². The third kappa shape index (κ3) is 4.95. The molecule has 0 unspecified atom stereocenters. The minimum atomic E-state index is -0.682. The first-order valence-corrected chi connectivity index (χ1v) is 8.44. The molecule has 0 radical (unpaired) electrons. The van der Waals surface area contributed by atoms with E-state index in [1.54, 1.807) is 36.4 Å². The summed E-state index contributed by atoms with van der Waals surface area (Å²) in [7, 11) is 1.27. The minimum absolute atomic E-state index is 0.0354. The van der Waals surface area contributed by atoms with E-state index < -0.39 is 11.8 Å². The molecule has 0 aliphatic heterocycles. The number of halogens is 1. The molecule has 1 aromatic carbocycles. The molecule has 0 amide bonds. The number of ether oxygens (including phenoxy) is 1. The van der Waals surface area contributed by atoms with Crippen molar-refractivity contribution < 1.29 is 19.0 Å². The van der Waals surface area contributed by atoms with E-state index in [2.05, 4.69) is 25.3 Å². The summed E-state index contributed by atoms with van der Waals surface area (Å²) in [6.07, 6.45) is 5.55. The highest BCUT2D eigenvalue weighted by molar-refractivity contribution is 5.83. The zero-order chi connectivity index (χ0) is 20.8. The fourth-order valence-electron chi connectivity index (χ4n) is 2.50. The van der Waals surface area contributed by atoms with Crippen LogP contribution >= 0.6 is 0 Å². The molecule has 3 rings (SSSR count). The molecule has 0 spiro atoms. The number of nitriles is 1. The molecule has 0 bridgehead atoms. The van der Waals surface area contributed by atoms with Crippen molar-refractivity contribution in [3.63, 3.8) is 0 Å². The maximum atomic E-state index is 14.1.